The Balaban J connectivity index is 1.83. The standard InChI is InChI=1S/C17H16F2N2O3S/c18-15-7-6-13(11-16(15)19)20-17(22)12-4-3-5-14(10-12)25(23,24)21-8-1-2-9-21/h3-7,10-11H,1-2,8-9H2,(H,20,22). The van der Waals surface area contributed by atoms with Crippen LogP contribution in [0.5, 0.6) is 0 Å². The highest BCUT2D eigenvalue weighted by molar-refractivity contribution is 7.89. The Hall–Kier alpha value is -2.32. The van der Waals surface area contributed by atoms with E-state index >= 15 is 0 Å². The number of hydrogen-bond acceptors (Lipinski definition) is 3. The van der Waals surface area contributed by atoms with E-state index in [1.165, 1.54) is 34.6 Å². The molecule has 0 atom stereocenters. The Morgan fingerprint density at radius 1 is 1.00 bits per heavy atom. The van der Waals surface area contributed by atoms with E-state index in [0.717, 1.165) is 25.0 Å². The van der Waals surface area contributed by atoms with Crippen molar-refractivity contribution in [1.82, 2.24) is 4.31 Å². The molecule has 1 heterocycles. The molecule has 1 amide bonds. The van der Waals surface area contributed by atoms with Crippen molar-refractivity contribution in [2.45, 2.75) is 17.7 Å². The van der Waals surface area contributed by atoms with Gasteiger partial charge in [0.1, 0.15) is 0 Å². The number of nitrogens with one attached hydrogen (secondary N) is 1. The molecule has 1 aliphatic rings. The number of benzene rings is 2. The topological polar surface area (TPSA) is 66.5 Å². The highest BCUT2D eigenvalue weighted by atomic mass is 32.2. The fourth-order valence-electron chi connectivity index (χ4n) is 2.65. The summed E-state index contributed by atoms with van der Waals surface area (Å²) in [5.74, 6) is -2.70. The van der Waals surface area contributed by atoms with Crippen LogP contribution in [0.15, 0.2) is 47.4 Å². The molecule has 0 aliphatic carbocycles. The molecule has 1 fully saturated rings. The van der Waals surface area contributed by atoms with E-state index < -0.39 is 27.6 Å². The van der Waals surface area contributed by atoms with E-state index in [2.05, 4.69) is 5.32 Å². The minimum Gasteiger partial charge on any atom is -0.322 e. The average Bonchev–Trinajstić information content (AvgIpc) is 3.14. The molecule has 3 rings (SSSR count). The predicted molar refractivity (Wildman–Crippen MR) is 88.7 cm³/mol. The zero-order chi connectivity index (χ0) is 18.0. The molecule has 0 aromatic heterocycles. The van der Waals surface area contributed by atoms with E-state index in [1.54, 1.807) is 0 Å². The average molecular weight is 366 g/mol. The molecule has 0 spiro atoms. The van der Waals surface area contributed by atoms with Gasteiger partial charge in [0, 0.05) is 30.4 Å². The summed E-state index contributed by atoms with van der Waals surface area (Å²) >= 11 is 0. The van der Waals surface area contributed by atoms with Crippen LogP contribution >= 0.6 is 0 Å². The summed E-state index contributed by atoms with van der Waals surface area (Å²) in [5.41, 5.74) is 0.196. The van der Waals surface area contributed by atoms with Crippen molar-refractivity contribution in [2.24, 2.45) is 0 Å². The maximum absolute atomic E-state index is 13.2. The van der Waals surface area contributed by atoms with Gasteiger partial charge in [0.05, 0.1) is 4.90 Å². The van der Waals surface area contributed by atoms with Crippen LogP contribution in [0.1, 0.15) is 23.2 Å². The van der Waals surface area contributed by atoms with E-state index in [4.69, 9.17) is 0 Å². The fourth-order valence-corrected chi connectivity index (χ4v) is 4.22. The monoisotopic (exact) mass is 366 g/mol. The molecule has 0 unspecified atom stereocenters. The zero-order valence-corrected chi connectivity index (χ0v) is 14.0. The van der Waals surface area contributed by atoms with Crippen molar-refractivity contribution < 1.29 is 22.0 Å². The summed E-state index contributed by atoms with van der Waals surface area (Å²) < 4.78 is 52.6. The quantitative estimate of drug-likeness (QED) is 0.905. The van der Waals surface area contributed by atoms with Crippen molar-refractivity contribution in [3.05, 3.63) is 59.7 Å². The lowest BCUT2D eigenvalue weighted by Gasteiger charge is -2.16. The Morgan fingerprint density at radius 3 is 2.40 bits per heavy atom. The van der Waals surface area contributed by atoms with Gasteiger partial charge in [-0.15, -0.1) is 0 Å². The van der Waals surface area contributed by atoms with Gasteiger partial charge in [0.2, 0.25) is 10.0 Å². The zero-order valence-electron chi connectivity index (χ0n) is 13.2. The van der Waals surface area contributed by atoms with Crippen LogP contribution in [0.3, 0.4) is 0 Å². The van der Waals surface area contributed by atoms with Crippen LogP contribution in [-0.4, -0.2) is 31.7 Å². The first kappa shape index (κ1) is 17.5. The minimum absolute atomic E-state index is 0.0346. The third-order valence-electron chi connectivity index (χ3n) is 3.98. The van der Waals surface area contributed by atoms with Crippen molar-refractivity contribution in [3.8, 4) is 0 Å². The number of rotatable bonds is 4. The first-order chi connectivity index (χ1) is 11.9. The van der Waals surface area contributed by atoms with Gasteiger partial charge < -0.3 is 5.32 Å². The lowest BCUT2D eigenvalue weighted by atomic mass is 10.2. The molecule has 2 aromatic rings. The Labute approximate surface area is 144 Å². The lowest BCUT2D eigenvalue weighted by Crippen LogP contribution is -2.28. The lowest BCUT2D eigenvalue weighted by molar-refractivity contribution is 0.102. The summed E-state index contributed by atoms with van der Waals surface area (Å²) in [6.45, 7) is 0.932. The van der Waals surface area contributed by atoms with Gasteiger partial charge in [-0.2, -0.15) is 4.31 Å². The van der Waals surface area contributed by atoms with Crippen molar-refractivity contribution in [2.75, 3.05) is 18.4 Å². The largest absolute Gasteiger partial charge is 0.322 e. The first-order valence-corrected chi connectivity index (χ1v) is 9.18. The van der Waals surface area contributed by atoms with E-state index in [1.807, 2.05) is 0 Å². The Bertz CT molecular complexity index is 910. The van der Waals surface area contributed by atoms with E-state index in [0.29, 0.717) is 13.1 Å². The molecular formula is C17H16F2N2O3S. The van der Waals surface area contributed by atoms with Crippen LogP contribution in [0.25, 0.3) is 0 Å². The SMILES string of the molecule is O=C(Nc1ccc(F)c(F)c1)c1cccc(S(=O)(=O)N2CCCC2)c1. The van der Waals surface area contributed by atoms with Crippen LogP contribution in [0.4, 0.5) is 14.5 Å². The molecule has 0 radical (unpaired) electrons. The summed E-state index contributed by atoms with van der Waals surface area (Å²) in [6, 6.07) is 8.63. The smallest absolute Gasteiger partial charge is 0.255 e. The number of carbonyl (C=O) groups is 1. The number of nitrogens with zero attached hydrogens (tertiary/aromatic N) is 1. The second kappa shape index (κ2) is 6.89. The van der Waals surface area contributed by atoms with Crippen LogP contribution in [-0.2, 0) is 10.0 Å². The molecule has 0 bridgehead atoms. The summed E-state index contributed by atoms with van der Waals surface area (Å²) in [7, 11) is -3.64. The van der Waals surface area contributed by atoms with Gasteiger partial charge in [-0.1, -0.05) is 6.07 Å². The highest BCUT2D eigenvalue weighted by Gasteiger charge is 2.27. The van der Waals surface area contributed by atoms with Crippen molar-refractivity contribution in [3.63, 3.8) is 0 Å². The summed E-state index contributed by atoms with van der Waals surface area (Å²) in [6.07, 6.45) is 1.63. The molecule has 0 saturated carbocycles. The number of hydrogen-bond donors (Lipinski definition) is 1. The van der Waals surface area contributed by atoms with Crippen LogP contribution in [0, 0.1) is 11.6 Å². The maximum atomic E-state index is 13.2. The second-order valence-electron chi connectivity index (χ2n) is 5.72. The molecular weight excluding hydrogens is 350 g/mol. The molecule has 25 heavy (non-hydrogen) atoms. The van der Waals surface area contributed by atoms with Gasteiger partial charge in [0.25, 0.3) is 5.91 Å². The number of carbonyl (C=O) groups excluding carboxylic acids is 1. The molecule has 1 aliphatic heterocycles. The van der Waals surface area contributed by atoms with Crippen LogP contribution < -0.4 is 5.32 Å². The summed E-state index contributed by atoms with van der Waals surface area (Å²) in [4.78, 5) is 12.3. The van der Waals surface area contributed by atoms with Gasteiger partial charge in [0.15, 0.2) is 11.6 Å². The minimum atomic E-state index is -3.64. The number of amides is 1. The number of sulfonamides is 1. The molecule has 8 heteroatoms. The van der Waals surface area contributed by atoms with Gasteiger partial charge in [-0.3, -0.25) is 4.79 Å². The van der Waals surface area contributed by atoms with Gasteiger partial charge >= 0.3 is 0 Å². The molecule has 1 N–H and O–H groups in total. The van der Waals surface area contributed by atoms with Crippen LogP contribution in [0.2, 0.25) is 0 Å². The Kier molecular flexibility index (Phi) is 4.82. The molecule has 132 valence electrons. The molecule has 5 nitrogen and oxygen atoms in total. The third-order valence-corrected chi connectivity index (χ3v) is 5.87. The van der Waals surface area contributed by atoms with E-state index in [9.17, 15) is 22.0 Å². The molecule has 1 saturated heterocycles. The number of anilines is 1. The maximum Gasteiger partial charge on any atom is 0.255 e. The Morgan fingerprint density at radius 2 is 1.72 bits per heavy atom. The molecule has 2 aromatic carbocycles. The summed E-state index contributed by atoms with van der Waals surface area (Å²) in [5, 5.41) is 2.42. The van der Waals surface area contributed by atoms with Gasteiger partial charge in [-0.25, -0.2) is 17.2 Å². The normalized spacial score (nSPS) is 15.3. The third kappa shape index (κ3) is 3.69. The first-order valence-electron chi connectivity index (χ1n) is 7.74. The van der Waals surface area contributed by atoms with Gasteiger partial charge in [-0.05, 0) is 43.2 Å². The second-order valence-corrected chi connectivity index (χ2v) is 7.66. The van der Waals surface area contributed by atoms with Crippen molar-refractivity contribution in [1.29, 1.82) is 0 Å². The highest BCUT2D eigenvalue weighted by Crippen LogP contribution is 2.22. The number of halogens is 2. The van der Waals surface area contributed by atoms with Crippen molar-refractivity contribution >= 4 is 21.6 Å². The van der Waals surface area contributed by atoms with E-state index in [-0.39, 0.29) is 16.1 Å². The fraction of sp³-hybridized carbons (Fsp3) is 0.235. The predicted octanol–water partition coefficient (Wildman–Crippen LogP) is 3.00.